The van der Waals surface area contributed by atoms with Crippen LogP contribution < -0.4 is 5.32 Å². The first-order valence-electron chi connectivity index (χ1n) is 9.53. The maximum Gasteiger partial charge on any atom is 0.223 e. The Labute approximate surface area is 175 Å². The topological polar surface area (TPSA) is 66.5 Å². The van der Waals surface area contributed by atoms with Crippen molar-refractivity contribution in [2.45, 2.75) is 31.6 Å². The first-order chi connectivity index (χ1) is 13.7. The van der Waals surface area contributed by atoms with Gasteiger partial charge in [0.2, 0.25) is 15.9 Å². The van der Waals surface area contributed by atoms with E-state index in [1.54, 1.807) is 36.4 Å². The van der Waals surface area contributed by atoms with Crippen LogP contribution in [0.15, 0.2) is 48.5 Å². The molecule has 8 heteroatoms. The first-order valence-corrected chi connectivity index (χ1v) is 11.5. The molecule has 0 spiro atoms. The molecule has 3 rings (SSSR count). The number of carbonyl (C=O) groups is 1. The number of benzene rings is 2. The van der Waals surface area contributed by atoms with E-state index in [4.69, 9.17) is 11.6 Å². The Kier molecular flexibility index (Phi) is 6.93. The van der Waals surface area contributed by atoms with Crippen LogP contribution in [0.2, 0.25) is 5.02 Å². The molecule has 1 atom stereocenters. The molecule has 0 bridgehead atoms. The van der Waals surface area contributed by atoms with Crippen molar-refractivity contribution in [2.75, 3.05) is 13.1 Å². The second kappa shape index (κ2) is 9.24. The van der Waals surface area contributed by atoms with Crippen LogP contribution in [0, 0.1) is 11.7 Å². The van der Waals surface area contributed by atoms with Crippen molar-refractivity contribution in [3.8, 4) is 0 Å². The lowest BCUT2D eigenvalue weighted by Gasteiger charge is -2.31. The van der Waals surface area contributed by atoms with Gasteiger partial charge >= 0.3 is 0 Å². The van der Waals surface area contributed by atoms with Crippen LogP contribution in [0.1, 0.15) is 36.9 Å². The van der Waals surface area contributed by atoms with E-state index in [0.29, 0.717) is 36.5 Å². The average Bonchev–Trinajstić information content (AvgIpc) is 2.70. The Hall–Kier alpha value is -1.96. The molecular weight excluding hydrogens is 415 g/mol. The number of amides is 1. The zero-order chi connectivity index (χ0) is 21.0. The summed E-state index contributed by atoms with van der Waals surface area (Å²) >= 11 is 5.84. The number of rotatable bonds is 6. The lowest BCUT2D eigenvalue weighted by atomic mass is 9.96. The summed E-state index contributed by atoms with van der Waals surface area (Å²) in [5.74, 6) is -0.737. The molecule has 29 heavy (non-hydrogen) atoms. The van der Waals surface area contributed by atoms with E-state index in [2.05, 4.69) is 5.32 Å². The second-order valence-corrected chi connectivity index (χ2v) is 9.74. The Morgan fingerprint density at radius 3 is 2.31 bits per heavy atom. The van der Waals surface area contributed by atoms with E-state index in [1.807, 2.05) is 6.92 Å². The Morgan fingerprint density at radius 1 is 1.14 bits per heavy atom. The summed E-state index contributed by atoms with van der Waals surface area (Å²) in [6.07, 6.45) is 0.948. The fourth-order valence-electron chi connectivity index (χ4n) is 3.44. The van der Waals surface area contributed by atoms with Gasteiger partial charge in [0.25, 0.3) is 0 Å². The number of nitrogens with zero attached hydrogens (tertiary/aromatic N) is 1. The molecule has 0 unspecified atom stereocenters. The standard InChI is InChI=1S/C21H24ClFN2O3S/c1-15(17-4-8-20(23)9-5-17)24-21(26)18-10-12-25(13-11-18)29(27,28)14-16-2-6-19(22)7-3-16/h2-9,15,18H,10-14H2,1H3,(H,24,26)/t15-/m1/s1. The zero-order valence-corrected chi connectivity index (χ0v) is 17.7. The number of hydrogen-bond acceptors (Lipinski definition) is 3. The highest BCUT2D eigenvalue weighted by Crippen LogP contribution is 2.23. The van der Waals surface area contributed by atoms with E-state index in [-0.39, 0.29) is 29.4 Å². The first kappa shape index (κ1) is 21.7. The van der Waals surface area contributed by atoms with Gasteiger partial charge in [-0.1, -0.05) is 35.9 Å². The molecule has 0 saturated carbocycles. The number of piperidine rings is 1. The molecule has 1 heterocycles. The van der Waals surface area contributed by atoms with Crippen LogP contribution in [0.25, 0.3) is 0 Å². The number of carbonyl (C=O) groups excluding carboxylic acids is 1. The van der Waals surface area contributed by atoms with E-state index < -0.39 is 10.0 Å². The summed E-state index contributed by atoms with van der Waals surface area (Å²) in [7, 11) is -3.45. The van der Waals surface area contributed by atoms with Gasteiger partial charge in [-0.3, -0.25) is 4.79 Å². The van der Waals surface area contributed by atoms with Gasteiger partial charge in [-0.05, 0) is 55.2 Å². The monoisotopic (exact) mass is 438 g/mol. The summed E-state index contributed by atoms with van der Waals surface area (Å²) in [5, 5.41) is 3.51. The summed E-state index contributed by atoms with van der Waals surface area (Å²) in [5.41, 5.74) is 1.50. The van der Waals surface area contributed by atoms with Crippen molar-refractivity contribution in [1.82, 2.24) is 9.62 Å². The molecule has 0 radical (unpaired) electrons. The van der Waals surface area contributed by atoms with Crippen LogP contribution in [0.4, 0.5) is 4.39 Å². The molecule has 1 fully saturated rings. The minimum Gasteiger partial charge on any atom is -0.349 e. The molecule has 1 N–H and O–H groups in total. The third kappa shape index (κ3) is 5.78. The van der Waals surface area contributed by atoms with Crippen LogP contribution in [0.3, 0.4) is 0 Å². The number of sulfonamides is 1. The van der Waals surface area contributed by atoms with Gasteiger partial charge in [0.05, 0.1) is 11.8 Å². The summed E-state index contributed by atoms with van der Waals surface area (Å²) in [6.45, 7) is 2.48. The van der Waals surface area contributed by atoms with Crippen molar-refractivity contribution >= 4 is 27.5 Å². The molecule has 1 amide bonds. The third-order valence-corrected chi connectivity index (χ3v) is 7.31. The molecule has 1 aliphatic rings. The van der Waals surface area contributed by atoms with E-state index >= 15 is 0 Å². The second-order valence-electron chi connectivity index (χ2n) is 7.34. The Morgan fingerprint density at radius 2 is 1.72 bits per heavy atom. The van der Waals surface area contributed by atoms with E-state index in [1.165, 1.54) is 16.4 Å². The van der Waals surface area contributed by atoms with Crippen molar-refractivity contribution in [2.24, 2.45) is 5.92 Å². The van der Waals surface area contributed by atoms with Crippen molar-refractivity contribution in [1.29, 1.82) is 0 Å². The molecule has 156 valence electrons. The highest BCUT2D eigenvalue weighted by atomic mass is 35.5. The van der Waals surface area contributed by atoms with Crippen LogP contribution in [-0.2, 0) is 20.6 Å². The number of hydrogen-bond donors (Lipinski definition) is 1. The zero-order valence-electron chi connectivity index (χ0n) is 16.1. The van der Waals surface area contributed by atoms with Gasteiger partial charge in [0, 0.05) is 24.0 Å². The number of halogens is 2. The van der Waals surface area contributed by atoms with Gasteiger partial charge < -0.3 is 5.32 Å². The lowest BCUT2D eigenvalue weighted by molar-refractivity contribution is -0.126. The smallest absolute Gasteiger partial charge is 0.223 e. The van der Waals surface area contributed by atoms with Crippen LogP contribution >= 0.6 is 11.6 Å². The van der Waals surface area contributed by atoms with Crippen LogP contribution in [-0.4, -0.2) is 31.7 Å². The quantitative estimate of drug-likeness (QED) is 0.743. The van der Waals surface area contributed by atoms with Crippen molar-refractivity contribution < 1.29 is 17.6 Å². The van der Waals surface area contributed by atoms with Gasteiger partial charge in [-0.25, -0.2) is 17.1 Å². The number of nitrogens with one attached hydrogen (secondary N) is 1. The SMILES string of the molecule is C[C@@H](NC(=O)C1CCN(S(=O)(=O)Cc2ccc(Cl)cc2)CC1)c1ccc(F)cc1. The fourth-order valence-corrected chi connectivity index (χ4v) is 5.13. The van der Waals surface area contributed by atoms with Gasteiger partial charge in [-0.2, -0.15) is 0 Å². The minimum atomic E-state index is -3.45. The predicted octanol–water partition coefficient (Wildman–Crippen LogP) is 3.90. The largest absolute Gasteiger partial charge is 0.349 e. The molecule has 1 aliphatic heterocycles. The van der Waals surface area contributed by atoms with Gasteiger partial charge in [0.15, 0.2) is 0 Å². The highest BCUT2D eigenvalue weighted by Gasteiger charge is 2.31. The predicted molar refractivity (Wildman–Crippen MR) is 111 cm³/mol. The maximum atomic E-state index is 13.0. The van der Waals surface area contributed by atoms with Gasteiger partial charge in [-0.15, -0.1) is 0 Å². The van der Waals surface area contributed by atoms with E-state index in [9.17, 15) is 17.6 Å². The molecule has 5 nitrogen and oxygen atoms in total. The summed E-state index contributed by atoms with van der Waals surface area (Å²) in [4.78, 5) is 12.6. The Balaban J connectivity index is 1.53. The third-order valence-electron chi connectivity index (χ3n) is 5.21. The van der Waals surface area contributed by atoms with Crippen LogP contribution in [0.5, 0.6) is 0 Å². The molecule has 2 aromatic carbocycles. The normalized spacial score (nSPS) is 17.1. The van der Waals surface area contributed by atoms with Gasteiger partial charge in [0.1, 0.15) is 5.82 Å². The minimum absolute atomic E-state index is 0.0807. The Bertz CT molecular complexity index is 941. The van der Waals surface area contributed by atoms with Crippen molar-refractivity contribution in [3.63, 3.8) is 0 Å². The fraction of sp³-hybridized carbons (Fsp3) is 0.381. The summed E-state index contributed by atoms with van der Waals surface area (Å²) < 4.78 is 39.8. The molecule has 0 aliphatic carbocycles. The molecule has 0 aromatic heterocycles. The molecule has 1 saturated heterocycles. The summed E-state index contributed by atoms with van der Waals surface area (Å²) in [6, 6.07) is 12.5. The average molecular weight is 439 g/mol. The van der Waals surface area contributed by atoms with E-state index in [0.717, 1.165) is 5.56 Å². The maximum absolute atomic E-state index is 13.0. The lowest BCUT2D eigenvalue weighted by Crippen LogP contribution is -2.43. The highest BCUT2D eigenvalue weighted by molar-refractivity contribution is 7.88. The molecular formula is C21H24ClFN2O3S. The molecule has 2 aromatic rings. The van der Waals surface area contributed by atoms with Crippen molar-refractivity contribution in [3.05, 3.63) is 70.5 Å².